The second-order valence-corrected chi connectivity index (χ2v) is 12.0. The van der Waals surface area contributed by atoms with E-state index >= 15 is 0 Å². The fraction of sp³-hybridized carbons (Fsp3) is 0.290. The van der Waals surface area contributed by atoms with Crippen LogP contribution in [0.2, 0.25) is 5.02 Å². The molecule has 41 heavy (non-hydrogen) atoms. The maximum absolute atomic E-state index is 12.9. The number of amides is 2. The highest BCUT2D eigenvalue weighted by Crippen LogP contribution is 2.27. The number of aromatic nitrogens is 1. The van der Waals surface area contributed by atoms with Gasteiger partial charge in [-0.25, -0.2) is 13.1 Å². The molecule has 1 aromatic heterocycles. The van der Waals surface area contributed by atoms with E-state index in [9.17, 15) is 18.0 Å². The molecular weight excluding hydrogens is 562 g/mol. The molecule has 3 aromatic carbocycles. The zero-order valence-electron chi connectivity index (χ0n) is 23.5. The van der Waals surface area contributed by atoms with Gasteiger partial charge in [-0.3, -0.25) is 9.59 Å². The maximum Gasteiger partial charge on any atom is 0.265 e. The minimum absolute atomic E-state index is 0.0155. The molecule has 0 spiro atoms. The fourth-order valence-corrected chi connectivity index (χ4v) is 6.26. The number of rotatable bonds is 11. The normalized spacial score (nSPS) is 11.6. The summed E-state index contributed by atoms with van der Waals surface area (Å²) in [5.74, 6) is -0.0427. The molecule has 4 rings (SSSR count). The number of carbonyl (C=O) groups excluding carboxylic acids is 2. The van der Waals surface area contributed by atoms with E-state index in [1.54, 1.807) is 18.2 Å². The number of methoxy groups -OCH3 is 1. The van der Waals surface area contributed by atoms with Crippen molar-refractivity contribution in [3.05, 3.63) is 94.1 Å². The first-order chi connectivity index (χ1) is 19.6. The molecule has 216 valence electrons. The van der Waals surface area contributed by atoms with Gasteiger partial charge in [-0.05, 0) is 54.8 Å². The summed E-state index contributed by atoms with van der Waals surface area (Å²) in [7, 11) is -2.68. The molecule has 0 aliphatic heterocycles. The van der Waals surface area contributed by atoms with E-state index in [0.29, 0.717) is 30.3 Å². The third kappa shape index (κ3) is 6.74. The second kappa shape index (κ2) is 12.8. The Balaban J connectivity index is 1.57. The minimum Gasteiger partial charge on any atom is -0.496 e. The predicted octanol–water partition coefficient (Wildman–Crippen LogP) is 5.94. The molecular formula is C31H34ClN3O5S. The molecule has 8 nitrogen and oxygen atoms in total. The summed E-state index contributed by atoms with van der Waals surface area (Å²) in [4.78, 5) is 25.6. The van der Waals surface area contributed by atoms with Gasteiger partial charge >= 0.3 is 0 Å². The number of fused-ring (bicyclic) bond motifs is 1. The van der Waals surface area contributed by atoms with Crippen LogP contribution in [0.3, 0.4) is 0 Å². The molecule has 0 atom stereocenters. The molecule has 2 amide bonds. The summed E-state index contributed by atoms with van der Waals surface area (Å²) in [6.45, 7) is 7.30. The number of aryl methyl sites for hydroxylation is 1. The number of hydrogen-bond donors (Lipinski definition) is 2. The third-order valence-corrected chi connectivity index (χ3v) is 9.12. The Kier molecular flexibility index (Phi) is 9.40. The maximum atomic E-state index is 12.9. The number of hydrogen-bond acceptors (Lipinski definition) is 5. The highest BCUT2D eigenvalue weighted by molar-refractivity contribution is 7.90. The van der Waals surface area contributed by atoms with Crippen molar-refractivity contribution in [1.29, 1.82) is 0 Å². The van der Waals surface area contributed by atoms with E-state index in [4.69, 9.17) is 16.3 Å². The second-order valence-electron chi connectivity index (χ2n) is 9.96. The smallest absolute Gasteiger partial charge is 0.265 e. The number of nitrogens with zero attached hydrogens (tertiary/aromatic N) is 1. The number of nitrogens with one attached hydrogen (secondary N) is 2. The van der Waals surface area contributed by atoms with Crippen molar-refractivity contribution >= 4 is 44.3 Å². The first-order valence-electron chi connectivity index (χ1n) is 13.4. The van der Waals surface area contributed by atoms with Crippen molar-refractivity contribution < 1.29 is 22.7 Å². The zero-order valence-corrected chi connectivity index (χ0v) is 25.1. The molecule has 0 bridgehead atoms. The lowest BCUT2D eigenvalue weighted by molar-refractivity contribution is 0.0944. The fourth-order valence-electron chi connectivity index (χ4n) is 4.76. The van der Waals surface area contributed by atoms with Crippen LogP contribution >= 0.6 is 11.6 Å². The van der Waals surface area contributed by atoms with Gasteiger partial charge in [-0.1, -0.05) is 62.6 Å². The van der Waals surface area contributed by atoms with E-state index in [0.717, 1.165) is 34.9 Å². The van der Waals surface area contributed by atoms with Crippen molar-refractivity contribution in [3.63, 3.8) is 0 Å². The van der Waals surface area contributed by atoms with Gasteiger partial charge in [0.1, 0.15) is 10.6 Å². The first kappa shape index (κ1) is 30.1. The van der Waals surface area contributed by atoms with Crippen molar-refractivity contribution in [2.24, 2.45) is 5.92 Å². The molecule has 0 fully saturated rings. The van der Waals surface area contributed by atoms with Gasteiger partial charge in [0.2, 0.25) is 0 Å². The van der Waals surface area contributed by atoms with Crippen LogP contribution in [0.25, 0.3) is 10.9 Å². The molecule has 2 N–H and O–H groups in total. The molecule has 0 aliphatic rings. The molecule has 0 unspecified atom stereocenters. The largest absolute Gasteiger partial charge is 0.496 e. The summed E-state index contributed by atoms with van der Waals surface area (Å²) >= 11 is 6.02. The summed E-state index contributed by atoms with van der Waals surface area (Å²) in [6, 6.07) is 16.4. The van der Waals surface area contributed by atoms with Crippen LogP contribution in [-0.4, -0.2) is 38.5 Å². The molecule has 0 saturated heterocycles. The Morgan fingerprint density at radius 1 is 0.976 bits per heavy atom. The quantitative estimate of drug-likeness (QED) is 0.223. The highest BCUT2D eigenvalue weighted by Gasteiger charge is 2.22. The first-order valence-corrected chi connectivity index (χ1v) is 15.3. The van der Waals surface area contributed by atoms with Crippen molar-refractivity contribution in [2.75, 3.05) is 13.7 Å². The van der Waals surface area contributed by atoms with E-state index in [2.05, 4.69) is 23.9 Å². The van der Waals surface area contributed by atoms with Gasteiger partial charge in [0.05, 0.1) is 18.7 Å². The standard InChI is InChI=1S/C31H34ClN3O5S/c1-5-21(6-2)17-33-30(36)22-13-14-25-20(3)18-35(27(25)15-22)19-24-12-11-23(16-28(24)40-4)31(37)34-41(38,39)29-10-8-7-9-26(29)32/h7-16,18,21H,5-6,17,19H2,1-4H3,(H,33,36)(H,34,37). The van der Waals surface area contributed by atoms with Crippen molar-refractivity contribution in [1.82, 2.24) is 14.6 Å². The highest BCUT2D eigenvalue weighted by atomic mass is 35.5. The van der Waals surface area contributed by atoms with E-state index in [1.165, 1.54) is 31.4 Å². The van der Waals surface area contributed by atoms with Gasteiger partial charge in [0.15, 0.2) is 0 Å². The Morgan fingerprint density at radius 3 is 2.34 bits per heavy atom. The van der Waals surface area contributed by atoms with Gasteiger partial charge < -0.3 is 14.6 Å². The van der Waals surface area contributed by atoms with Crippen LogP contribution in [-0.2, 0) is 16.6 Å². The molecule has 0 radical (unpaired) electrons. The van der Waals surface area contributed by atoms with E-state index in [-0.39, 0.29) is 21.4 Å². The van der Waals surface area contributed by atoms with Gasteiger partial charge in [0, 0.05) is 40.3 Å². The Bertz CT molecular complexity index is 1690. The van der Waals surface area contributed by atoms with Crippen LogP contribution in [0.1, 0.15) is 58.5 Å². The number of sulfonamides is 1. The van der Waals surface area contributed by atoms with Crippen LogP contribution in [0.4, 0.5) is 0 Å². The Morgan fingerprint density at radius 2 is 1.66 bits per heavy atom. The molecule has 0 saturated carbocycles. The lowest BCUT2D eigenvalue weighted by Crippen LogP contribution is -2.30. The third-order valence-electron chi connectivity index (χ3n) is 7.29. The van der Waals surface area contributed by atoms with Gasteiger partial charge in [-0.2, -0.15) is 0 Å². The number of halogens is 1. The Hall–Kier alpha value is -3.82. The van der Waals surface area contributed by atoms with Gasteiger partial charge in [-0.15, -0.1) is 0 Å². The van der Waals surface area contributed by atoms with Crippen LogP contribution in [0, 0.1) is 12.8 Å². The predicted molar refractivity (Wildman–Crippen MR) is 161 cm³/mol. The summed E-state index contributed by atoms with van der Waals surface area (Å²) in [5, 5.41) is 4.09. The zero-order chi connectivity index (χ0) is 29.7. The van der Waals surface area contributed by atoms with Crippen LogP contribution in [0.15, 0.2) is 71.8 Å². The molecule has 10 heteroatoms. The number of ether oxygens (including phenoxy) is 1. The minimum atomic E-state index is -4.17. The van der Waals surface area contributed by atoms with Crippen LogP contribution < -0.4 is 14.8 Å². The van der Waals surface area contributed by atoms with E-state index < -0.39 is 15.9 Å². The van der Waals surface area contributed by atoms with Crippen molar-refractivity contribution in [2.45, 2.75) is 45.1 Å². The molecule has 0 aliphatic carbocycles. The topological polar surface area (TPSA) is 107 Å². The average molecular weight is 596 g/mol. The Labute approximate surface area is 245 Å². The average Bonchev–Trinajstić information content (AvgIpc) is 3.27. The summed E-state index contributed by atoms with van der Waals surface area (Å²) in [5.41, 5.74) is 3.43. The SMILES string of the molecule is CCC(CC)CNC(=O)c1ccc2c(C)cn(Cc3ccc(C(=O)NS(=O)(=O)c4ccccc4Cl)cc3OC)c2c1. The number of benzene rings is 3. The molecule has 4 aromatic rings. The summed E-state index contributed by atoms with van der Waals surface area (Å²) in [6.07, 6.45) is 4.03. The van der Waals surface area contributed by atoms with Crippen molar-refractivity contribution in [3.8, 4) is 5.75 Å². The van der Waals surface area contributed by atoms with Gasteiger partial charge in [0.25, 0.3) is 21.8 Å². The molecule has 1 heterocycles. The lowest BCUT2D eigenvalue weighted by atomic mass is 10.0. The number of carbonyl (C=O) groups is 2. The monoisotopic (exact) mass is 595 g/mol. The summed E-state index contributed by atoms with van der Waals surface area (Å²) < 4.78 is 35.1. The van der Waals surface area contributed by atoms with E-state index in [1.807, 2.05) is 35.9 Å². The van der Waals surface area contributed by atoms with Crippen LogP contribution in [0.5, 0.6) is 5.75 Å². The lowest BCUT2D eigenvalue weighted by Gasteiger charge is -2.14.